The molecule has 130 valence electrons. The van der Waals surface area contributed by atoms with Gasteiger partial charge in [-0.25, -0.2) is 5.43 Å². The molecule has 2 N–H and O–H groups in total. The molecule has 0 bridgehead atoms. The van der Waals surface area contributed by atoms with Crippen LogP contribution in [0.5, 0.6) is 5.75 Å². The first-order chi connectivity index (χ1) is 12.1. The van der Waals surface area contributed by atoms with Gasteiger partial charge in [-0.1, -0.05) is 31.2 Å². The van der Waals surface area contributed by atoms with Crippen molar-refractivity contribution in [2.45, 2.75) is 20.3 Å². The molecule has 0 radical (unpaired) electrons. The van der Waals surface area contributed by atoms with E-state index in [4.69, 9.17) is 4.74 Å². The van der Waals surface area contributed by atoms with Crippen LogP contribution in [-0.2, 0) is 16.0 Å². The van der Waals surface area contributed by atoms with Crippen molar-refractivity contribution in [1.29, 1.82) is 0 Å². The fourth-order valence-electron chi connectivity index (χ4n) is 2.10. The topological polar surface area (TPSA) is 79.8 Å². The van der Waals surface area contributed by atoms with Crippen LogP contribution in [0.1, 0.15) is 25.0 Å². The van der Waals surface area contributed by atoms with Crippen molar-refractivity contribution in [2.24, 2.45) is 5.10 Å². The van der Waals surface area contributed by atoms with Crippen LogP contribution in [0.25, 0.3) is 0 Å². The number of hydrazone groups is 1. The number of carbonyl (C=O) groups is 2. The Balaban J connectivity index is 1.91. The lowest BCUT2D eigenvalue weighted by Gasteiger charge is -2.06. The second kappa shape index (κ2) is 9.22. The van der Waals surface area contributed by atoms with Crippen LogP contribution in [0.2, 0.25) is 0 Å². The Morgan fingerprint density at radius 2 is 1.76 bits per heavy atom. The minimum absolute atomic E-state index is 0.524. The summed E-state index contributed by atoms with van der Waals surface area (Å²) in [4.78, 5) is 23.7. The Kier molecular flexibility index (Phi) is 6.71. The van der Waals surface area contributed by atoms with Crippen molar-refractivity contribution < 1.29 is 14.3 Å². The summed E-state index contributed by atoms with van der Waals surface area (Å²) in [5, 5.41) is 6.33. The van der Waals surface area contributed by atoms with E-state index in [0.717, 1.165) is 12.0 Å². The number of para-hydroxylation sites is 1. The highest BCUT2D eigenvalue weighted by atomic mass is 16.5. The number of amides is 2. The third-order valence-electron chi connectivity index (χ3n) is 3.41. The number of carbonyl (C=O) groups excluding carboxylic acids is 2. The Morgan fingerprint density at radius 1 is 1.04 bits per heavy atom. The summed E-state index contributed by atoms with van der Waals surface area (Å²) in [6.07, 6.45) is 2.35. The van der Waals surface area contributed by atoms with E-state index in [1.165, 1.54) is 6.21 Å². The maximum Gasteiger partial charge on any atom is 0.329 e. The SMILES string of the molecule is CCOc1ccccc1C=NNC(=O)C(=O)Nc1ccc(CC)cc1. The molecule has 0 spiro atoms. The van der Waals surface area contributed by atoms with Crippen LogP contribution in [0, 0.1) is 0 Å². The first kappa shape index (κ1) is 18.2. The third kappa shape index (κ3) is 5.46. The van der Waals surface area contributed by atoms with Crippen molar-refractivity contribution in [2.75, 3.05) is 11.9 Å². The van der Waals surface area contributed by atoms with E-state index in [2.05, 4.69) is 15.8 Å². The number of rotatable bonds is 6. The fourth-order valence-corrected chi connectivity index (χ4v) is 2.10. The van der Waals surface area contributed by atoms with Gasteiger partial charge in [-0.15, -0.1) is 0 Å². The molecule has 2 amide bonds. The maximum absolute atomic E-state index is 11.9. The summed E-state index contributed by atoms with van der Waals surface area (Å²) in [6, 6.07) is 14.6. The standard InChI is InChI=1S/C19H21N3O3/c1-3-14-9-11-16(12-10-14)21-18(23)19(24)22-20-13-15-7-5-6-8-17(15)25-4-2/h5-13H,3-4H2,1-2H3,(H,21,23)(H,22,24). The summed E-state index contributed by atoms with van der Waals surface area (Å²) in [5.41, 5.74) is 4.63. The van der Waals surface area contributed by atoms with E-state index in [1.807, 2.05) is 38.1 Å². The van der Waals surface area contributed by atoms with Gasteiger partial charge in [-0.05, 0) is 43.2 Å². The van der Waals surface area contributed by atoms with Crippen LogP contribution >= 0.6 is 0 Å². The molecule has 0 fully saturated rings. The number of nitrogens with one attached hydrogen (secondary N) is 2. The predicted molar refractivity (Wildman–Crippen MR) is 97.8 cm³/mol. The molecule has 0 heterocycles. The van der Waals surface area contributed by atoms with E-state index >= 15 is 0 Å². The highest BCUT2D eigenvalue weighted by Crippen LogP contribution is 2.15. The number of hydrogen-bond acceptors (Lipinski definition) is 4. The molecule has 25 heavy (non-hydrogen) atoms. The van der Waals surface area contributed by atoms with Crippen LogP contribution in [0.15, 0.2) is 53.6 Å². The zero-order valence-electron chi connectivity index (χ0n) is 14.3. The van der Waals surface area contributed by atoms with Gasteiger partial charge < -0.3 is 10.1 Å². The molecule has 6 nitrogen and oxygen atoms in total. The van der Waals surface area contributed by atoms with Gasteiger partial charge in [0.25, 0.3) is 0 Å². The number of aryl methyl sites for hydroxylation is 1. The van der Waals surface area contributed by atoms with Crippen LogP contribution in [-0.4, -0.2) is 24.6 Å². The Labute approximate surface area is 146 Å². The van der Waals surface area contributed by atoms with Gasteiger partial charge in [0.05, 0.1) is 12.8 Å². The van der Waals surface area contributed by atoms with Gasteiger partial charge >= 0.3 is 11.8 Å². The van der Waals surface area contributed by atoms with Crippen molar-refractivity contribution in [3.63, 3.8) is 0 Å². The molecule has 0 unspecified atom stereocenters. The normalized spacial score (nSPS) is 10.5. The average molecular weight is 339 g/mol. The van der Waals surface area contributed by atoms with Gasteiger partial charge in [0.15, 0.2) is 0 Å². The molecule has 0 saturated heterocycles. The van der Waals surface area contributed by atoms with Crippen molar-refractivity contribution in [3.8, 4) is 5.75 Å². The summed E-state index contributed by atoms with van der Waals surface area (Å²) in [5.74, 6) is -0.965. The number of hydrogen-bond donors (Lipinski definition) is 2. The molecule has 6 heteroatoms. The van der Waals surface area contributed by atoms with Crippen LogP contribution in [0.3, 0.4) is 0 Å². The quantitative estimate of drug-likeness (QED) is 0.482. The van der Waals surface area contributed by atoms with Gasteiger partial charge in [0.2, 0.25) is 0 Å². The summed E-state index contributed by atoms with van der Waals surface area (Å²) in [6.45, 7) is 4.45. The summed E-state index contributed by atoms with van der Waals surface area (Å²) < 4.78 is 5.46. The molecule has 0 saturated carbocycles. The van der Waals surface area contributed by atoms with Crippen LogP contribution in [0.4, 0.5) is 5.69 Å². The second-order valence-corrected chi connectivity index (χ2v) is 5.17. The lowest BCUT2D eigenvalue weighted by Crippen LogP contribution is -2.32. The molecule has 0 aliphatic heterocycles. The molecule has 0 atom stereocenters. The highest BCUT2D eigenvalue weighted by molar-refractivity contribution is 6.39. The highest BCUT2D eigenvalue weighted by Gasteiger charge is 2.12. The minimum atomic E-state index is -0.843. The Bertz CT molecular complexity index is 755. The summed E-state index contributed by atoms with van der Waals surface area (Å²) in [7, 11) is 0. The molecule has 0 aliphatic carbocycles. The number of anilines is 1. The van der Waals surface area contributed by atoms with Gasteiger partial charge in [-0.3, -0.25) is 9.59 Å². The second-order valence-electron chi connectivity index (χ2n) is 5.17. The molecule has 2 aromatic carbocycles. The fraction of sp³-hybridized carbons (Fsp3) is 0.211. The van der Waals surface area contributed by atoms with E-state index < -0.39 is 11.8 Å². The zero-order chi connectivity index (χ0) is 18.1. The molecular weight excluding hydrogens is 318 g/mol. The van der Waals surface area contributed by atoms with E-state index in [9.17, 15) is 9.59 Å². The smallest absolute Gasteiger partial charge is 0.329 e. The van der Waals surface area contributed by atoms with Crippen LogP contribution < -0.4 is 15.5 Å². The molecule has 0 aliphatic rings. The molecule has 2 aromatic rings. The van der Waals surface area contributed by atoms with Crippen molar-refractivity contribution in [1.82, 2.24) is 5.43 Å². The van der Waals surface area contributed by atoms with E-state index in [-0.39, 0.29) is 0 Å². The number of ether oxygens (including phenoxy) is 1. The summed E-state index contributed by atoms with van der Waals surface area (Å²) >= 11 is 0. The first-order valence-electron chi connectivity index (χ1n) is 8.09. The monoisotopic (exact) mass is 339 g/mol. The first-order valence-corrected chi connectivity index (χ1v) is 8.09. The lowest BCUT2D eigenvalue weighted by atomic mass is 10.1. The predicted octanol–water partition coefficient (Wildman–Crippen LogP) is 2.74. The largest absolute Gasteiger partial charge is 0.493 e. The van der Waals surface area contributed by atoms with E-state index in [0.29, 0.717) is 23.6 Å². The maximum atomic E-state index is 11.9. The lowest BCUT2D eigenvalue weighted by molar-refractivity contribution is -0.136. The minimum Gasteiger partial charge on any atom is -0.493 e. The van der Waals surface area contributed by atoms with Gasteiger partial charge in [0.1, 0.15) is 5.75 Å². The Morgan fingerprint density at radius 3 is 2.44 bits per heavy atom. The molecule has 0 aromatic heterocycles. The third-order valence-corrected chi connectivity index (χ3v) is 3.41. The van der Waals surface area contributed by atoms with Gasteiger partial charge in [-0.2, -0.15) is 5.10 Å². The van der Waals surface area contributed by atoms with Crippen molar-refractivity contribution >= 4 is 23.7 Å². The zero-order valence-corrected chi connectivity index (χ0v) is 14.3. The number of benzene rings is 2. The van der Waals surface area contributed by atoms with Crippen molar-refractivity contribution in [3.05, 3.63) is 59.7 Å². The average Bonchev–Trinajstić information content (AvgIpc) is 2.64. The van der Waals surface area contributed by atoms with Gasteiger partial charge in [0, 0.05) is 11.3 Å². The molecular formula is C19H21N3O3. The number of nitrogens with zero attached hydrogens (tertiary/aromatic N) is 1. The Hall–Kier alpha value is -3.15. The molecule has 2 rings (SSSR count). The van der Waals surface area contributed by atoms with E-state index in [1.54, 1.807) is 24.3 Å².